The topological polar surface area (TPSA) is 79.5 Å². The van der Waals surface area contributed by atoms with Crippen LogP contribution < -0.4 is 20.7 Å². The normalized spacial score (nSPS) is 10.4. The number of para-hydroxylation sites is 1. The Labute approximate surface area is 202 Å². The Balaban J connectivity index is 1.89. The Morgan fingerprint density at radius 1 is 0.848 bits per heavy atom. The third-order valence-electron chi connectivity index (χ3n) is 5.03. The molecule has 0 spiro atoms. The number of benzene rings is 2. The van der Waals surface area contributed by atoms with Crippen molar-refractivity contribution in [2.45, 2.75) is 65.2 Å². The molecule has 0 bridgehead atoms. The van der Waals surface area contributed by atoms with Crippen molar-refractivity contribution in [2.75, 3.05) is 17.2 Å². The van der Waals surface area contributed by atoms with Gasteiger partial charge < -0.3 is 15.4 Å². The molecule has 3 N–H and O–H groups in total. The maximum atomic E-state index is 12.8. The van der Waals surface area contributed by atoms with Crippen molar-refractivity contribution < 1.29 is 14.3 Å². The van der Waals surface area contributed by atoms with Gasteiger partial charge in [0, 0.05) is 17.8 Å². The standard InChI is InChI=1S/C26H35N3O3S/c1-3-5-7-11-18-32-23-16-10-9-15-22(23)25(31)29-26(33)28-21-14-12-13-20(19-21)27-24(30)17-8-6-4-2/h9-10,12-16,19H,3-8,11,17-18H2,1-2H3,(H,27,30)(H2,28,29,31,33). The summed E-state index contributed by atoms with van der Waals surface area (Å²) < 4.78 is 5.83. The lowest BCUT2D eigenvalue weighted by Gasteiger charge is -2.14. The van der Waals surface area contributed by atoms with E-state index in [4.69, 9.17) is 17.0 Å². The number of nitrogens with one attached hydrogen (secondary N) is 3. The van der Waals surface area contributed by atoms with E-state index in [0.29, 0.717) is 35.7 Å². The molecule has 0 saturated heterocycles. The minimum absolute atomic E-state index is 0.0113. The molecule has 0 aliphatic rings. The predicted octanol–water partition coefficient (Wildman–Crippen LogP) is 6.29. The van der Waals surface area contributed by atoms with Crippen molar-refractivity contribution in [1.82, 2.24) is 5.32 Å². The average Bonchev–Trinajstić information content (AvgIpc) is 2.79. The van der Waals surface area contributed by atoms with Crippen LogP contribution in [0.2, 0.25) is 0 Å². The molecule has 7 heteroatoms. The summed E-state index contributed by atoms with van der Waals surface area (Å²) in [5.74, 6) is 0.196. The molecule has 178 valence electrons. The number of ether oxygens (including phenoxy) is 1. The van der Waals surface area contributed by atoms with Crippen molar-refractivity contribution >= 4 is 40.5 Å². The van der Waals surface area contributed by atoms with Crippen LogP contribution in [-0.2, 0) is 4.79 Å². The number of hydrogen-bond acceptors (Lipinski definition) is 4. The summed E-state index contributed by atoms with van der Waals surface area (Å²) in [6.45, 7) is 4.84. The smallest absolute Gasteiger partial charge is 0.261 e. The molecule has 0 heterocycles. The monoisotopic (exact) mass is 469 g/mol. The highest BCUT2D eigenvalue weighted by Gasteiger charge is 2.14. The van der Waals surface area contributed by atoms with Crippen LogP contribution in [0.15, 0.2) is 48.5 Å². The van der Waals surface area contributed by atoms with Crippen molar-refractivity contribution in [2.24, 2.45) is 0 Å². The van der Waals surface area contributed by atoms with E-state index in [1.54, 1.807) is 24.3 Å². The molecule has 2 amide bonds. The zero-order valence-electron chi connectivity index (χ0n) is 19.6. The first-order valence-electron chi connectivity index (χ1n) is 11.8. The molecule has 2 aromatic carbocycles. The van der Waals surface area contributed by atoms with Crippen molar-refractivity contribution in [3.05, 3.63) is 54.1 Å². The lowest BCUT2D eigenvalue weighted by atomic mass is 10.2. The molecular formula is C26H35N3O3S. The highest BCUT2D eigenvalue weighted by molar-refractivity contribution is 7.80. The van der Waals surface area contributed by atoms with Gasteiger partial charge in [-0.15, -0.1) is 0 Å². The second-order valence-electron chi connectivity index (χ2n) is 7.90. The first-order chi connectivity index (χ1) is 16.0. The Kier molecular flexibility index (Phi) is 12.0. The minimum Gasteiger partial charge on any atom is -0.493 e. The largest absolute Gasteiger partial charge is 0.493 e. The van der Waals surface area contributed by atoms with Gasteiger partial charge in [-0.05, 0) is 55.4 Å². The van der Waals surface area contributed by atoms with Crippen LogP contribution >= 0.6 is 12.2 Å². The number of amides is 2. The Morgan fingerprint density at radius 2 is 1.55 bits per heavy atom. The first kappa shape index (κ1) is 26.3. The summed E-state index contributed by atoms with van der Waals surface area (Å²) >= 11 is 5.32. The number of anilines is 2. The third kappa shape index (κ3) is 10.0. The number of carbonyl (C=O) groups is 2. The quantitative estimate of drug-likeness (QED) is 0.237. The maximum absolute atomic E-state index is 12.8. The van der Waals surface area contributed by atoms with Crippen molar-refractivity contribution in [3.63, 3.8) is 0 Å². The van der Waals surface area contributed by atoms with Crippen LogP contribution in [0.4, 0.5) is 11.4 Å². The fraction of sp³-hybridized carbons (Fsp3) is 0.423. The van der Waals surface area contributed by atoms with E-state index in [2.05, 4.69) is 29.8 Å². The molecule has 0 atom stereocenters. The van der Waals surface area contributed by atoms with E-state index < -0.39 is 0 Å². The fourth-order valence-corrected chi connectivity index (χ4v) is 3.47. The number of hydrogen-bond donors (Lipinski definition) is 3. The van der Waals surface area contributed by atoms with Crippen molar-refractivity contribution in [1.29, 1.82) is 0 Å². The highest BCUT2D eigenvalue weighted by atomic mass is 32.1. The summed E-state index contributed by atoms with van der Waals surface area (Å²) in [6.07, 6.45) is 7.89. The van der Waals surface area contributed by atoms with E-state index in [0.717, 1.165) is 38.5 Å². The average molecular weight is 470 g/mol. The molecule has 33 heavy (non-hydrogen) atoms. The second-order valence-corrected chi connectivity index (χ2v) is 8.31. The molecule has 0 aliphatic heterocycles. The first-order valence-corrected chi connectivity index (χ1v) is 12.2. The Bertz CT molecular complexity index is 917. The summed E-state index contributed by atoms with van der Waals surface area (Å²) in [5, 5.41) is 8.77. The van der Waals surface area contributed by atoms with Crippen LogP contribution in [0, 0.1) is 0 Å². The zero-order chi connectivity index (χ0) is 23.9. The van der Waals surface area contributed by atoms with E-state index in [1.807, 2.05) is 24.3 Å². The Morgan fingerprint density at radius 3 is 2.30 bits per heavy atom. The minimum atomic E-state index is -0.336. The third-order valence-corrected chi connectivity index (χ3v) is 5.23. The predicted molar refractivity (Wildman–Crippen MR) is 139 cm³/mol. The summed E-state index contributed by atoms with van der Waals surface area (Å²) in [5.41, 5.74) is 1.79. The number of rotatable bonds is 13. The number of carbonyl (C=O) groups excluding carboxylic acids is 2. The molecule has 6 nitrogen and oxygen atoms in total. The maximum Gasteiger partial charge on any atom is 0.261 e. The highest BCUT2D eigenvalue weighted by Crippen LogP contribution is 2.19. The van der Waals surface area contributed by atoms with Crippen LogP contribution in [0.5, 0.6) is 5.75 Å². The SMILES string of the molecule is CCCCCCOc1ccccc1C(=O)NC(=S)Nc1cccc(NC(=O)CCCCC)c1. The van der Waals surface area contributed by atoms with Crippen LogP contribution in [0.25, 0.3) is 0 Å². The molecule has 0 radical (unpaired) electrons. The lowest BCUT2D eigenvalue weighted by Crippen LogP contribution is -2.34. The van der Waals surface area contributed by atoms with Crippen LogP contribution in [0.3, 0.4) is 0 Å². The van der Waals surface area contributed by atoms with Gasteiger partial charge in [-0.1, -0.05) is 64.2 Å². The van der Waals surface area contributed by atoms with Gasteiger partial charge in [0.05, 0.1) is 12.2 Å². The summed E-state index contributed by atoms with van der Waals surface area (Å²) in [4.78, 5) is 24.8. The molecular weight excluding hydrogens is 434 g/mol. The molecule has 0 aliphatic carbocycles. The molecule has 2 aromatic rings. The van der Waals surface area contributed by atoms with E-state index in [1.165, 1.54) is 6.42 Å². The van der Waals surface area contributed by atoms with E-state index in [-0.39, 0.29) is 16.9 Å². The van der Waals surface area contributed by atoms with Gasteiger partial charge in [-0.2, -0.15) is 0 Å². The van der Waals surface area contributed by atoms with Gasteiger partial charge >= 0.3 is 0 Å². The fourth-order valence-electron chi connectivity index (χ4n) is 3.26. The molecule has 0 saturated carbocycles. The molecule has 0 fully saturated rings. The number of thiocarbonyl (C=S) groups is 1. The molecule has 0 aromatic heterocycles. The molecule has 2 rings (SSSR count). The zero-order valence-corrected chi connectivity index (χ0v) is 20.4. The van der Waals surface area contributed by atoms with E-state index >= 15 is 0 Å². The van der Waals surface area contributed by atoms with Gasteiger partial charge in [-0.25, -0.2) is 0 Å². The lowest BCUT2D eigenvalue weighted by molar-refractivity contribution is -0.116. The van der Waals surface area contributed by atoms with Gasteiger partial charge in [0.2, 0.25) is 5.91 Å². The van der Waals surface area contributed by atoms with Crippen molar-refractivity contribution in [3.8, 4) is 5.75 Å². The van der Waals surface area contributed by atoms with Gasteiger partial charge in [0.25, 0.3) is 5.91 Å². The summed E-state index contributed by atoms with van der Waals surface area (Å²) in [7, 11) is 0. The second kappa shape index (κ2) is 15.0. The van der Waals surface area contributed by atoms with Crippen LogP contribution in [-0.4, -0.2) is 23.5 Å². The van der Waals surface area contributed by atoms with Gasteiger partial charge in [0.15, 0.2) is 5.11 Å². The number of unbranched alkanes of at least 4 members (excludes halogenated alkanes) is 5. The van der Waals surface area contributed by atoms with Gasteiger partial charge in [0.1, 0.15) is 5.75 Å². The summed E-state index contributed by atoms with van der Waals surface area (Å²) in [6, 6.07) is 14.4. The Hall–Kier alpha value is -2.93. The van der Waals surface area contributed by atoms with E-state index in [9.17, 15) is 9.59 Å². The van der Waals surface area contributed by atoms with Gasteiger partial charge in [-0.3, -0.25) is 14.9 Å². The van der Waals surface area contributed by atoms with Crippen LogP contribution in [0.1, 0.15) is 75.6 Å². The molecule has 0 unspecified atom stereocenters.